The molecule has 1 atom stereocenters. The number of aromatic nitrogens is 3. The topological polar surface area (TPSA) is 68.9 Å². The molecule has 2 aromatic heterocycles. The first-order valence-electron chi connectivity index (χ1n) is 8.75. The van der Waals surface area contributed by atoms with Crippen molar-refractivity contribution < 1.29 is 0 Å². The first kappa shape index (κ1) is 16.4. The lowest BCUT2D eigenvalue weighted by molar-refractivity contribution is 0.244. The lowest BCUT2D eigenvalue weighted by Crippen LogP contribution is -2.34. The standard InChI is InChI=1S/C20H20N6/c1-25(14-19-22-8-2-9-23-19)17-7-10-26(13-17)20-6-4-16-11-15(12-21)3-5-18(16)24-20/h2-6,8-9,11,17H,7,10,13-14H2,1H3. The highest BCUT2D eigenvalue weighted by Crippen LogP contribution is 2.24. The van der Waals surface area contributed by atoms with E-state index in [1.807, 2.05) is 36.4 Å². The molecule has 3 heterocycles. The maximum absolute atomic E-state index is 9.02. The van der Waals surface area contributed by atoms with Crippen LogP contribution in [0.2, 0.25) is 0 Å². The van der Waals surface area contributed by atoms with E-state index in [2.05, 4.69) is 32.9 Å². The van der Waals surface area contributed by atoms with Crippen molar-refractivity contribution in [3.8, 4) is 6.07 Å². The van der Waals surface area contributed by atoms with Gasteiger partial charge < -0.3 is 4.90 Å². The molecule has 130 valence electrons. The zero-order valence-corrected chi connectivity index (χ0v) is 14.7. The summed E-state index contributed by atoms with van der Waals surface area (Å²) in [5, 5.41) is 10.0. The van der Waals surface area contributed by atoms with Crippen molar-refractivity contribution in [1.82, 2.24) is 19.9 Å². The summed E-state index contributed by atoms with van der Waals surface area (Å²) in [7, 11) is 2.13. The van der Waals surface area contributed by atoms with E-state index in [0.29, 0.717) is 11.6 Å². The van der Waals surface area contributed by atoms with Crippen LogP contribution in [-0.4, -0.2) is 46.0 Å². The highest BCUT2D eigenvalue weighted by molar-refractivity contribution is 5.81. The molecule has 6 heteroatoms. The van der Waals surface area contributed by atoms with Crippen LogP contribution in [0.25, 0.3) is 10.9 Å². The number of likely N-dealkylation sites (N-methyl/N-ethyl adjacent to an activating group) is 1. The second kappa shape index (κ2) is 7.06. The SMILES string of the molecule is CN(Cc1ncccn1)C1CCN(c2ccc3cc(C#N)ccc3n2)C1. The van der Waals surface area contributed by atoms with E-state index < -0.39 is 0 Å². The zero-order chi connectivity index (χ0) is 17.9. The maximum atomic E-state index is 9.02. The van der Waals surface area contributed by atoms with Crippen molar-refractivity contribution in [2.45, 2.75) is 19.0 Å². The molecular formula is C20H20N6. The first-order chi connectivity index (χ1) is 12.7. The zero-order valence-electron chi connectivity index (χ0n) is 14.7. The van der Waals surface area contributed by atoms with Gasteiger partial charge in [-0.25, -0.2) is 15.0 Å². The molecule has 1 unspecified atom stereocenters. The van der Waals surface area contributed by atoms with Gasteiger partial charge in [-0.1, -0.05) is 0 Å². The van der Waals surface area contributed by atoms with Crippen molar-refractivity contribution in [3.63, 3.8) is 0 Å². The monoisotopic (exact) mass is 344 g/mol. The molecule has 0 saturated carbocycles. The van der Waals surface area contributed by atoms with Gasteiger partial charge in [-0.15, -0.1) is 0 Å². The van der Waals surface area contributed by atoms with Gasteiger partial charge >= 0.3 is 0 Å². The molecule has 0 N–H and O–H groups in total. The summed E-state index contributed by atoms with van der Waals surface area (Å²) in [5.41, 5.74) is 1.59. The van der Waals surface area contributed by atoms with Crippen LogP contribution in [0.15, 0.2) is 48.8 Å². The number of hydrogen-bond donors (Lipinski definition) is 0. The van der Waals surface area contributed by atoms with Crippen LogP contribution < -0.4 is 4.90 Å². The fourth-order valence-corrected chi connectivity index (χ4v) is 3.43. The Morgan fingerprint density at radius 2 is 2.08 bits per heavy atom. The molecule has 1 aromatic carbocycles. The normalized spacial score (nSPS) is 17.0. The van der Waals surface area contributed by atoms with Gasteiger partial charge in [0, 0.05) is 36.9 Å². The van der Waals surface area contributed by atoms with E-state index in [1.54, 1.807) is 12.4 Å². The molecule has 1 saturated heterocycles. The third-order valence-corrected chi connectivity index (χ3v) is 4.92. The van der Waals surface area contributed by atoms with E-state index >= 15 is 0 Å². The number of benzene rings is 1. The van der Waals surface area contributed by atoms with E-state index in [0.717, 1.165) is 48.6 Å². The minimum absolute atomic E-state index is 0.456. The molecule has 4 rings (SSSR count). The second-order valence-corrected chi connectivity index (χ2v) is 6.66. The number of anilines is 1. The predicted octanol–water partition coefficient (Wildman–Crippen LogP) is 2.61. The van der Waals surface area contributed by atoms with Crippen LogP contribution in [0, 0.1) is 11.3 Å². The van der Waals surface area contributed by atoms with Crippen molar-refractivity contribution in [3.05, 3.63) is 60.2 Å². The van der Waals surface area contributed by atoms with Crippen LogP contribution in [0.5, 0.6) is 0 Å². The highest BCUT2D eigenvalue weighted by atomic mass is 15.3. The van der Waals surface area contributed by atoms with E-state index in [-0.39, 0.29) is 0 Å². The molecule has 1 fully saturated rings. The van der Waals surface area contributed by atoms with E-state index in [9.17, 15) is 0 Å². The van der Waals surface area contributed by atoms with Crippen LogP contribution >= 0.6 is 0 Å². The quantitative estimate of drug-likeness (QED) is 0.725. The van der Waals surface area contributed by atoms with Gasteiger partial charge in [0.1, 0.15) is 11.6 Å². The average molecular weight is 344 g/mol. The lowest BCUT2D eigenvalue weighted by Gasteiger charge is -2.24. The lowest BCUT2D eigenvalue weighted by atomic mass is 10.1. The van der Waals surface area contributed by atoms with Crippen LogP contribution in [0.1, 0.15) is 17.8 Å². The molecule has 1 aliphatic rings. The second-order valence-electron chi connectivity index (χ2n) is 6.66. The van der Waals surface area contributed by atoms with Gasteiger partial charge in [0.05, 0.1) is 23.7 Å². The number of pyridine rings is 1. The van der Waals surface area contributed by atoms with Crippen molar-refractivity contribution >= 4 is 16.7 Å². The third-order valence-electron chi connectivity index (χ3n) is 4.92. The Hall–Kier alpha value is -3.04. The van der Waals surface area contributed by atoms with Crippen molar-refractivity contribution in [2.24, 2.45) is 0 Å². The molecule has 0 aliphatic carbocycles. The Morgan fingerprint density at radius 1 is 1.23 bits per heavy atom. The Morgan fingerprint density at radius 3 is 2.88 bits per heavy atom. The first-order valence-corrected chi connectivity index (χ1v) is 8.75. The van der Waals surface area contributed by atoms with E-state index in [4.69, 9.17) is 10.2 Å². The van der Waals surface area contributed by atoms with Crippen LogP contribution in [0.3, 0.4) is 0 Å². The molecule has 0 spiro atoms. The number of nitrogens with zero attached hydrogens (tertiary/aromatic N) is 6. The Labute approximate surface area is 152 Å². The van der Waals surface area contributed by atoms with Gasteiger partial charge in [0.15, 0.2) is 0 Å². The number of fused-ring (bicyclic) bond motifs is 1. The van der Waals surface area contributed by atoms with Crippen molar-refractivity contribution in [2.75, 3.05) is 25.0 Å². The van der Waals surface area contributed by atoms with Gasteiger partial charge in [-0.2, -0.15) is 5.26 Å². The van der Waals surface area contributed by atoms with E-state index in [1.165, 1.54) is 0 Å². The van der Waals surface area contributed by atoms with Crippen LogP contribution in [0.4, 0.5) is 5.82 Å². The molecule has 26 heavy (non-hydrogen) atoms. The fraction of sp³-hybridized carbons (Fsp3) is 0.300. The summed E-state index contributed by atoms with van der Waals surface area (Å²) in [6.45, 7) is 2.68. The maximum Gasteiger partial charge on any atom is 0.142 e. The average Bonchev–Trinajstić information content (AvgIpc) is 3.18. The Kier molecular flexibility index (Phi) is 4.46. The summed E-state index contributed by atoms with van der Waals surface area (Å²) in [5.74, 6) is 1.85. The minimum Gasteiger partial charge on any atom is -0.355 e. The van der Waals surface area contributed by atoms with Gasteiger partial charge in [0.25, 0.3) is 0 Å². The smallest absolute Gasteiger partial charge is 0.142 e. The van der Waals surface area contributed by atoms with Gasteiger partial charge in [-0.3, -0.25) is 4.90 Å². The number of hydrogen-bond acceptors (Lipinski definition) is 6. The molecule has 6 nitrogen and oxygen atoms in total. The minimum atomic E-state index is 0.456. The summed E-state index contributed by atoms with van der Waals surface area (Å²) in [4.78, 5) is 18.1. The predicted molar refractivity (Wildman–Crippen MR) is 101 cm³/mol. The third kappa shape index (κ3) is 3.35. The fourth-order valence-electron chi connectivity index (χ4n) is 3.43. The highest BCUT2D eigenvalue weighted by Gasteiger charge is 2.27. The number of rotatable bonds is 4. The molecule has 3 aromatic rings. The largest absolute Gasteiger partial charge is 0.355 e. The number of nitriles is 1. The molecule has 0 bridgehead atoms. The summed E-state index contributed by atoms with van der Waals surface area (Å²) in [6.07, 6.45) is 4.66. The Balaban J connectivity index is 1.46. The van der Waals surface area contributed by atoms with Gasteiger partial charge in [-0.05, 0) is 49.9 Å². The molecule has 1 aliphatic heterocycles. The molecule has 0 amide bonds. The Bertz CT molecular complexity index is 949. The van der Waals surface area contributed by atoms with Crippen molar-refractivity contribution in [1.29, 1.82) is 5.26 Å². The summed E-state index contributed by atoms with van der Waals surface area (Å²) < 4.78 is 0. The van der Waals surface area contributed by atoms with Crippen LogP contribution in [-0.2, 0) is 6.54 Å². The van der Waals surface area contributed by atoms with Gasteiger partial charge in [0.2, 0.25) is 0 Å². The summed E-state index contributed by atoms with van der Waals surface area (Å²) in [6, 6.07) is 14.2. The molecular weight excluding hydrogens is 324 g/mol. The molecule has 0 radical (unpaired) electrons. The summed E-state index contributed by atoms with van der Waals surface area (Å²) >= 11 is 0.